The Labute approximate surface area is 135 Å². The summed E-state index contributed by atoms with van der Waals surface area (Å²) in [5.74, 6) is 5.97. The second-order valence-corrected chi connectivity index (χ2v) is 6.08. The van der Waals surface area contributed by atoms with E-state index < -0.39 is 0 Å². The normalized spacial score (nSPS) is 13.9. The lowest BCUT2D eigenvalue weighted by molar-refractivity contribution is 0.860. The summed E-state index contributed by atoms with van der Waals surface area (Å²) in [6.45, 7) is 13.7. The number of aliphatic imine (C=N–C) groups is 1. The van der Waals surface area contributed by atoms with Crippen LogP contribution in [0.15, 0.2) is 33.9 Å². The van der Waals surface area contributed by atoms with Crippen LogP contribution in [0.4, 0.5) is 0 Å². The molecule has 3 nitrogen and oxygen atoms in total. The summed E-state index contributed by atoms with van der Waals surface area (Å²) < 4.78 is 0. The molecule has 1 rings (SSSR count). The monoisotopic (exact) mass is 299 g/mol. The van der Waals surface area contributed by atoms with Crippen LogP contribution in [-0.4, -0.2) is 18.5 Å². The van der Waals surface area contributed by atoms with E-state index in [2.05, 4.69) is 62.9 Å². The number of allylic oxidation sites excluding steroid dienone is 2. The molecule has 1 aromatic carbocycles. The number of aryl methyl sites for hydroxylation is 1. The Hall–Kier alpha value is -1.90. The lowest BCUT2D eigenvalue weighted by Crippen LogP contribution is -2.06. The van der Waals surface area contributed by atoms with E-state index in [1.807, 2.05) is 6.92 Å². The van der Waals surface area contributed by atoms with E-state index in [1.165, 1.54) is 27.8 Å². The first-order chi connectivity index (χ1) is 10.4. The summed E-state index contributed by atoms with van der Waals surface area (Å²) in [5.41, 5.74) is 7.41. The van der Waals surface area contributed by atoms with E-state index in [-0.39, 0.29) is 0 Å². The number of benzene rings is 1. The Kier molecular flexibility index (Phi) is 7.03. The van der Waals surface area contributed by atoms with Gasteiger partial charge in [0.05, 0.1) is 5.71 Å². The molecule has 0 spiro atoms. The smallest absolute Gasteiger partial charge is 0.0818 e. The third kappa shape index (κ3) is 4.83. The van der Waals surface area contributed by atoms with Crippen molar-refractivity contribution in [3.63, 3.8) is 0 Å². The van der Waals surface area contributed by atoms with E-state index in [1.54, 1.807) is 6.21 Å². The van der Waals surface area contributed by atoms with E-state index in [0.717, 1.165) is 18.7 Å². The minimum absolute atomic E-state index is 0.502. The molecule has 0 aliphatic heterocycles. The maximum absolute atomic E-state index is 5.47. The highest BCUT2D eigenvalue weighted by Gasteiger charge is 2.11. The van der Waals surface area contributed by atoms with Crippen LogP contribution in [-0.2, 0) is 0 Å². The van der Waals surface area contributed by atoms with Crippen molar-refractivity contribution in [1.82, 2.24) is 0 Å². The highest BCUT2D eigenvalue weighted by Crippen LogP contribution is 2.29. The quantitative estimate of drug-likeness (QED) is 0.462. The van der Waals surface area contributed by atoms with Gasteiger partial charge in [0.15, 0.2) is 0 Å². The van der Waals surface area contributed by atoms with Crippen molar-refractivity contribution in [1.29, 1.82) is 0 Å². The molecule has 0 aliphatic carbocycles. The molecule has 0 aliphatic rings. The van der Waals surface area contributed by atoms with Gasteiger partial charge in [-0.3, -0.25) is 4.99 Å². The summed E-state index contributed by atoms with van der Waals surface area (Å²) >= 11 is 0. The lowest BCUT2D eigenvalue weighted by atomic mass is 9.89. The molecule has 0 radical (unpaired) electrons. The van der Waals surface area contributed by atoms with Gasteiger partial charge < -0.3 is 5.84 Å². The van der Waals surface area contributed by atoms with Crippen LogP contribution < -0.4 is 5.84 Å². The molecule has 0 heterocycles. The summed E-state index contributed by atoms with van der Waals surface area (Å²) in [7, 11) is 0. The summed E-state index contributed by atoms with van der Waals surface area (Å²) in [5, 5.41) is 3.85. The SMILES string of the molecule is CCN=CC(C/C(C)=C(/C)c1ccc(C)cc1C(C)C)=NN. The second-order valence-electron chi connectivity index (χ2n) is 6.08. The van der Waals surface area contributed by atoms with Crippen molar-refractivity contribution in [2.45, 2.75) is 53.9 Å². The first kappa shape index (κ1) is 18.1. The molecule has 0 atom stereocenters. The minimum atomic E-state index is 0.502. The van der Waals surface area contributed by atoms with Crippen LogP contribution in [0, 0.1) is 6.92 Å². The average Bonchev–Trinajstić information content (AvgIpc) is 2.50. The second kappa shape index (κ2) is 8.52. The first-order valence-electron chi connectivity index (χ1n) is 7.94. The molecule has 1 aromatic rings. The molecule has 0 bridgehead atoms. The highest BCUT2D eigenvalue weighted by atomic mass is 15.1. The zero-order valence-corrected chi connectivity index (χ0v) is 14.8. The van der Waals surface area contributed by atoms with Crippen LogP contribution in [0.25, 0.3) is 5.57 Å². The van der Waals surface area contributed by atoms with Gasteiger partial charge in [-0.25, -0.2) is 0 Å². The van der Waals surface area contributed by atoms with Gasteiger partial charge in [-0.1, -0.05) is 43.2 Å². The number of hydrogen-bond acceptors (Lipinski definition) is 3. The van der Waals surface area contributed by atoms with Gasteiger partial charge in [0.25, 0.3) is 0 Å². The van der Waals surface area contributed by atoms with E-state index in [9.17, 15) is 0 Å². The number of hydrogen-bond donors (Lipinski definition) is 1. The van der Waals surface area contributed by atoms with Crippen molar-refractivity contribution in [3.05, 3.63) is 40.5 Å². The lowest BCUT2D eigenvalue weighted by Gasteiger charge is -2.16. The van der Waals surface area contributed by atoms with Gasteiger partial charge in [0.1, 0.15) is 0 Å². The topological polar surface area (TPSA) is 50.7 Å². The van der Waals surface area contributed by atoms with Crippen molar-refractivity contribution in [2.24, 2.45) is 15.9 Å². The van der Waals surface area contributed by atoms with E-state index in [4.69, 9.17) is 5.84 Å². The average molecular weight is 299 g/mol. The number of nitrogens with zero attached hydrogens (tertiary/aromatic N) is 2. The third-order valence-corrected chi connectivity index (χ3v) is 3.91. The summed E-state index contributed by atoms with van der Waals surface area (Å²) in [6.07, 6.45) is 2.51. The van der Waals surface area contributed by atoms with E-state index >= 15 is 0 Å². The Bertz CT molecular complexity index is 593. The number of rotatable bonds is 6. The molecule has 0 saturated heterocycles. The largest absolute Gasteiger partial charge is 0.323 e. The standard InChI is InChI=1S/C19H29N3/c1-7-21-12-17(22-20)11-15(5)16(6)18-9-8-14(4)10-19(18)13(2)3/h8-10,12-13H,7,11,20H2,1-6H3/b16-15-,21-12?,22-17?. The Morgan fingerprint density at radius 2 is 1.95 bits per heavy atom. The Morgan fingerprint density at radius 3 is 2.50 bits per heavy atom. The third-order valence-electron chi connectivity index (χ3n) is 3.91. The van der Waals surface area contributed by atoms with Gasteiger partial charge in [-0.05, 0) is 50.3 Å². The Morgan fingerprint density at radius 1 is 1.27 bits per heavy atom. The molecule has 0 unspecified atom stereocenters. The molecule has 3 heteroatoms. The fraction of sp³-hybridized carbons (Fsp3) is 0.474. The maximum atomic E-state index is 5.47. The molecule has 0 aromatic heterocycles. The zero-order valence-electron chi connectivity index (χ0n) is 14.8. The van der Waals surface area contributed by atoms with Crippen LogP contribution in [0.3, 0.4) is 0 Å². The summed E-state index contributed by atoms with van der Waals surface area (Å²) in [6, 6.07) is 6.69. The zero-order chi connectivity index (χ0) is 16.7. The molecule has 120 valence electrons. The van der Waals surface area contributed by atoms with Crippen molar-refractivity contribution >= 4 is 17.5 Å². The van der Waals surface area contributed by atoms with Gasteiger partial charge in [0, 0.05) is 19.2 Å². The van der Waals surface area contributed by atoms with Crippen molar-refractivity contribution < 1.29 is 0 Å². The van der Waals surface area contributed by atoms with Crippen LogP contribution in [0.5, 0.6) is 0 Å². The van der Waals surface area contributed by atoms with Gasteiger partial charge in [-0.2, -0.15) is 5.10 Å². The fourth-order valence-electron chi connectivity index (χ4n) is 2.46. The fourth-order valence-corrected chi connectivity index (χ4v) is 2.46. The predicted molar refractivity (Wildman–Crippen MR) is 98.8 cm³/mol. The van der Waals surface area contributed by atoms with Gasteiger partial charge >= 0.3 is 0 Å². The van der Waals surface area contributed by atoms with Crippen molar-refractivity contribution in [3.8, 4) is 0 Å². The molecule has 22 heavy (non-hydrogen) atoms. The minimum Gasteiger partial charge on any atom is -0.323 e. The molecule has 0 saturated carbocycles. The van der Waals surface area contributed by atoms with Crippen LogP contribution in [0.1, 0.15) is 63.6 Å². The molecule has 2 N–H and O–H groups in total. The van der Waals surface area contributed by atoms with Crippen molar-refractivity contribution in [2.75, 3.05) is 6.54 Å². The Balaban J connectivity index is 3.17. The predicted octanol–water partition coefficient (Wildman–Crippen LogP) is 4.71. The first-order valence-corrected chi connectivity index (χ1v) is 7.94. The van der Waals surface area contributed by atoms with Crippen LogP contribution >= 0.6 is 0 Å². The summed E-state index contributed by atoms with van der Waals surface area (Å²) in [4.78, 5) is 4.23. The van der Waals surface area contributed by atoms with Gasteiger partial charge in [-0.15, -0.1) is 0 Å². The van der Waals surface area contributed by atoms with Crippen LogP contribution in [0.2, 0.25) is 0 Å². The highest BCUT2D eigenvalue weighted by molar-refractivity contribution is 6.31. The number of hydrazone groups is 1. The van der Waals surface area contributed by atoms with Gasteiger partial charge in [0.2, 0.25) is 0 Å². The number of nitrogens with two attached hydrogens (primary N) is 1. The molecular formula is C19H29N3. The maximum Gasteiger partial charge on any atom is 0.0818 e. The van der Waals surface area contributed by atoms with E-state index in [0.29, 0.717) is 5.92 Å². The molecule has 0 amide bonds. The molecule has 0 fully saturated rings. The molecular weight excluding hydrogens is 270 g/mol.